The number of nitriles is 1. The molecule has 2 N–H and O–H groups in total. The average molecular weight is 223 g/mol. The number of carbonyl (C=O) groups is 1. The van der Waals surface area contributed by atoms with E-state index < -0.39 is 5.41 Å². The lowest BCUT2D eigenvalue weighted by Crippen LogP contribution is -2.36. The predicted octanol–water partition coefficient (Wildman–Crippen LogP) is 1.04. The molecule has 0 saturated carbocycles. The molecular weight excluding hydrogens is 202 g/mol. The van der Waals surface area contributed by atoms with Crippen molar-refractivity contribution in [2.75, 3.05) is 19.6 Å². The average Bonchev–Trinajstić information content (AvgIpc) is 2.28. The van der Waals surface area contributed by atoms with Crippen molar-refractivity contribution in [3.8, 4) is 6.07 Å². The zero-order valence-electron chi connectivity index (χ0n) is 10.2. The molecule has 0 radical (unpaired) electrons. The summed E-state index contributed by atoms with van der Waals surface area (Å²) in [6, 6.07) is 2.18. The predicted molar refractivity (Wildman–Crippen MR) is 62.6 cm³/mol. The highest BCUT2D eigenvalue weighted by Crippen LogP contribution is 2.16. The molecule has 0 bridgehead atoms. The van der Waals surface area contributed by atoms with Gasteiger partial charge in [0, 0.05) is 13.0 Å². The summed E-state index contributed by atoms with van der Waals surface area (Å²) < 4.78 is 0. The Kier molecular flexibility index (Phi) is 4.75. The normalized spacial score (nSPS) is 17.8. The molecule has 1 saturated heterocycles. The van der Waals surface area contributed by atoms with Crippen LogP contribution in [0.2, 0.25) is 0 Å². The van der Waals surface area contributed by atoms with E-state index in [0.29, 0.717) is 18.9 Å². The van der Waals surface area contributed by atoms with E-state index in [-0.39, 0.29) is 5.91 Å². The van der Waals surface area contributed by atoms with Crippen LogP contribution in [0.1, 0.15) is 33.1 Å². The van der Waals surface area contributed by atoms with Gasteiger partial charge >= 0.3 is 0 Å². The topological polar surface area (TPSA) is 64.9 Å². The molecule has 1 fully saturated rings. The van der Waals surface area contributed by atoms with Gasteiger partial charge in [-0.2, -0.15) is 5.26 Å². The minimum absolute atomic E-state index is 0.0789. The van der Waals surface area contributed by atoms with Gasteiger partial charge in [0.2, 0.25) is 5.91 Å². The first-order valence-electron chi connectivity index (χ1n) is 5.92. The van der Waals surface area contributed by atoms with E-state index in [2.05, 4.69) is 16.7 Å². The lowest BCUT2D eigenvalue weighted by Gasteiger charge is -2.23. The summed E-state index contributed by atoms with van der Waals surface area (Å²) in [5, 5.41) is 14.9. The third kappa shape index (κ3) is 4.63. The molecule has 0 atom stereocenters. The van der Waals surface area contributed by atoms with E-state index in [1.165, 1.54) is 0 Å². The summed E-state index contributed by atoms with van der Waals surface area (Å²) in [4.78, 5) is 11.6. The zero-order chi connectivity index (χ0) is 12.0. The second-order valence-corrected chi connectivity index (χ2v) is 5.17. The maximum absolute atomic E-state index is 11.6. The summed E-state index contributed by atoms with van der Waals surface area (Å²) in [5.41, 5.74) is -0.468. The third-order valence-electron chi connectivity index (χ3n) is 2.96. The Morgan fingerprint density at radius 2 is 2.12 bits per heavy atom. The van der Waals surface area contributed by atoms with Crippen LogP contribution in [0.4, 0.5) is 0 Å². The lowest BCUT2D eigenvalue weighted by atomic mass is 9.93. The molecule has 0 aliphatic carbocycles. The summed E-state index contributed by atoms with van der Waals surface area (Å²) >= 11 is 0. The number of carbonyl (C=O) groups excluding carboxylic acids is 1. The number of nitrogens with zero attached hydrogens (tertiary/aromatic N) is 1. The molecule has 1 rings (SSSR count). The van der Waals surface area contributed by atoms with E-state index in [4.69, 9.17) is 5.26 Å². The number of hydrogen-bond acceptors (Lipinski definition) is 3. The van der Waals surface area contributed by atoms with Crippen LogP contribution >= 0.6 is 0 Å². The van der Waals surface area contributed by atoms with Crippen molar-refractivity contribution in [2.45, 2.75) is 33.1 Å². The van der Waals surface area contributed by atoms with Crippen LogP contribution in [0.5, 0.6) is 0 Å². The van der Waals surface area contributed by atoms with Gasteiger partial charge in [0.1, 0.15) is 0 Å². The zero-order valence-corrected chi connectivity index (χ0v) is 10.2. The van der Waals surface area contributed by atoms with Gasteiger partial charge in [0.15, 0.2) is 0 Å². The SMILES string of the molecule is CC(C)(C#N)CNC(=O)CC1CCNCC1. The molecule has 1 aliphatic rings. The van der Waals surface area contributed by atoms with Crippen LogP contribution in [0.25, 0.3) is 0 Å². The van der Waals surface area contributed by atoms with Gasteiger partial charge in [-0.3, -0.25) is 4.79 Å². The van der Waals surface area contributed by atoms with E-state index in [9.17, 15) is 4.79 Å². The van der Waals surface area contributed by atoms with Crippen LogP contribution in [0.3, 0.4) is 0 Å². The molecule has 1 aliphatic heterocycles. The van der Waals surface area contributed by atoms with Gasteiger partial charge < -0.3 is 10.6 Å². The van der Waals surface area contributed by atoms with Crippen molar-refractivity contribution in [2.24, 2.45) is 11.3 Å². The van der Waals surface area contributed by atoms with Crippen molar-refractivity contribution < 1.29 is 4.79 Å². The molecule has 0 unspecified atom stereocenters. The fourth-order valence-corrected chi connectivity index (χ4v) is 1.78. The van der Waals surface area contributed by atoms with Crippen molar-refractivity contribution in [1.29, 1.82) is 5.26 Å². The highest BCUT2D eigenvalue weighted by atomic mass is 16.1. The van der Waals surface area contributed by atoms with Crippen LogP contribution < -0.4 is 10.6 Å². The number of nitrogens with one attached hydrogen (secondary N) is 2. The maximum Gasteiger partial charge on any atom is 0.220 e. The molecule has 16 heavy (non-hydrogen) atoms. The maximum atomic E-state index is 11.6. The van der Waals surface area contributed by atoms with Crippen LogP contribution in [-0.2, 0) is 4.79 Å². The van der Waals surface area contributed by atoms with Crippen molar-refractivity contribution in [3.63, 3.8) is 0 Å². The molecule has 0 aromatic carbocycles. The molecular formula is C12H21N3O. The Labute approximate surface area is 97.4 Å². The molecule has 1 heterocycles. The van der Waals surface area contributed by atoms with Crippen LogP contribution in [0.15, 0.2) is 0 Å². The second-order valence-electron chi connectivity index (χ2n) is 5.17. The van der Waals surface area contributed by atoms with Gasteiger partial charge in [-0.15, -0.1) is 0 Å². The summed E-state index contributed by atoms with van der Waals surface area (Å²) in [6.45, 7) is 6.13. The summed E-state index contributed by atoms with van der Waals surface area (Å²) in [5.74, 6) is 0.585. The smallest absolute Gasteiger partial charge is 0.220 e. The molecule has 4 nitrogen and oxygen atoms in total. The Morgan fingerprint density at radius 3 is 2.69 bits per heavy atom. The molecule has 4 heteroatoms. The fourth-order valence-electron chi connectivity index (χ4n) is 1.78. The first-order chi connectivity index (χ1) is 7.53. The first-order valence-corrected chi connectivity index (χ1v) is 5.92. The number of rotatable bonds is 4. The third-order valence-corrected chi connectivity index (χ3v) is 2.96. The van der Waals surface area contributed by atoms with E-state index in [1.807, 2.05) is 13.8 Å². The van der Waals surface area contributed by atoms with E-state index in [1.54, 1.807) is 0 Å². The van der Waals surface area contributed by atoms with Crippen molar-refractivity contribution in [3.05, 3.63) is 0 Å². The quantitative estimate of drug-likeness (QED) is 0.748. The second kappa shape index (κ2) is 5.86. The largest absolute Gasteiger partial charge is 0.355 e. The highest BCUT2D eigenvalue weighted by Gasteiger charge is 2.20. The van der Waals surface area contributed by atoms with Gasteiger partial charge in [0.05, 0.1) is 11.5 Å². The fraction of sp³-hybridized carbons (Fsp3) is 0.833. The monoisotopic (exact) mass is 223 g/mol. The van der Waals surface area contributed by atoms with E-state index in [0.717, 1.165) is 25.9 Å². The molecule has 0 aromatic heterocycles. The standard InChI is InChI=1S/C12H21N3O/c1-12(2,8-13)9-15-11(16)7-10-3-5-14-6-4-10/h10,14H,3-7,9H2,1-2H3,(H,15,16). The minimum Gasteiger partial charge on any atom is -0.355 e. The Morgan fingerprint density at radius 1 is 1.50 bits per heavy atom. The van der Waals surface area contributed by atoms with Crippen molar-refractivity contribution in [1.82, 2.24) is 10.6 Å². The van der Waals surface area contributed by atoms with Crippen LogP contribution in [-0.4, -0.2) is 25.5 Å². The van der Waals surface area contributed by atoms with Crippen molar-refractivity contribution >= 4 is 5.91 Å². The van der Waals surface area contributed by atoms with Gasteiger partial charge in [-0.1, -0.05) is 0 Å². The van der Waals surface area contributed by atoms with Gasteiger partial charge in [-0.05, 0) is 45.7 Å². The molecule has 0 aromatic rings. The Hall–Kier alpha value is -1.08. The molecule has 0 spiro atoms. The first kappa shape index (κ1) is 13.0. The highest BCUT2D eigenvalue weighted by molar-refractivity contribution is 5.76. The number of piperidine rings is 1. The number of amides is 1. The Balaban J connectivity index is 2.23. The Bertz CT molecular complexity index is 274. The van der Waals surface area contributed by atoms with Gasteiger partial charge in [0.25, 0.3) is 0 Å². The number of hydrogen-bond donors (Lipinski definition) is 2. The van der Waals surface area contributed by atoms with Gasteiger partial charge in [-0.25, -0.2) is 0 Å². The molecule has 90 valence electrons. The van der Waals surface area contributed by atoms with Crippen LogP contribution in [0, 0.1) is 22.7 Å². The van der Waals surface area contributed by atoms with E-state index >= 15 is 0 Å². The lowest BCUT2D eigenvalue weighted by molar-refractivity contribution is -0.122. The summed E-state index contributed by atoms with van der Waals surface area (Å²) in [7, 11) is 0. The minimum atomic E-state index is -0.468. The molecule has 1 amide bonds. The summed E-state index contributed by atoms with van der Waals surface area (Å²) in [6.07, 6.45) is 2.76.